The maximum Gasteiger partial charge on any atom is 0.252 e. The second kappa shape index (κ2) is 7.21. The summed E-state index contributed by atoms with van der Waals surface area (Å²) in [5.74, 6) is 1.09. The summed E-state index contributed by atoms with van der Waals surface area (Å²) < 4.78 is 1.70. The highest BCUT2D eigenvalue weighted by molar-refractivity contribution is 5.91. The lowest BCUT2D eigenvalue weighted by molar-refractivity contribution is -0.116. The number of nitrogens with two attached hydrogens (primary N) is 1. The lowest BCUT2D eigenvalue weighted by Crippen LogP contribution is -2.15. The largest absolute Gasteiger partial charge is 0.326 e. The molecular formula is C19H24N6O. The minimum atomic E-state index is -0.0150. The topological polar surface area (TPSA) is 98.2 Å². The van der Waals surface area contributed by atoms with Gasteiger partial charge >= 0.3 is 0 Å². The number of rotatable bonds is 5. The van der Waals surface area contributed by atoms with Gasteiger partial charge in [-0.05, 0) is 56.9 Å². The Kier molecular flexibility index (Phi) is 4.99. The van der Waals surface area contributed by atoms with Crippen molar-refractivity contribution in [2.45, 2.75) is 47.1 Å². The fourth-order valence-electron chi connectivity index (χ4n) is 3.02. The summed E-state index contributed by atoms with van der Waals surface area (Å²) in [4.78, 5) is 21.2. The predicted octanol–water partition coefficient (Wildman–Crippen LogP) is 2.39. The number of benzene rings is 1. The number of carbonyl (C=O) groups excluding carboxylic acids is 1. The zero-order valence-corrected chi connectivity index (χ0v) is 15.6. The monoisotopic (exact) mass is 352 g/mol. The Morgan fingerprint density at radius 3 is 2.69 bits per heavy atom. The van der Waals surface area contributed by atoms with Gasteiger partial charge in [-0.2, -0.15) is 4.98 Å². The number of amides is 1. The van der Waals surface area contributed by atoms with Gasteiger partial charge in [-0.15, -0.1) is 5.10 Å². The molecule has 3 N–H and O–H groups in total. The van der Waals surface area contributed by atoms with Crippen molar-refractivity contribution in [3.8, 4) is 0 Å². The molecule has 2 heterocycles. The van der Waals surface area contributed by atoms with E-state index in [1.165, 1.54) is 0 Å². The maximum atomic E-state index is 12.4. The van der Waals surface area contributed by atoms with E-state index in [9.17, 15) is 4.79 Å². The zero-order chi connectivity index (χ0) is 18.8. The molecule has 7 nitrogen and oxygen atoms in total. The molecule has 0 fully saturated rings. The Balaban J connectivity index is 1.76. The van der Waals surface area contributed by atoms with Gasteiger partial charge in [0.25, 0.3) is 5.78 Å². The summed E-state index contributed by atoms with van der Waals surface area (Å²) in [6, 6.07) is 6.03. The highest BCUT2D eigenvalue weighted by Gasteiger charge is 2.14. The molecule has 3 aromatic rings. The molecule has 0 atom stereocenters. The quantitative estimate of drug-likeness (QED) is 0.735. The third-order valence-electron chi connectivity index (χ3n) is 4.54. The second-order valence-corrected chi connectivity index (χ2v) is 6.57. The number of aryl methyl sites for hydroxylation is 4. The van der Waals surface area contributed by atoms with Crippen molar-refractivity contribution in [2.24, 2.45) is 5.73 Å². The molecule has 0 aliphatic rings. The van der Waals surface area contributed by atoms with E-state index in [1.807, 2.05) is 45.9 Å². The molecule has 136 valence electrons. The van der Waals surface area contributed by atoms with Gasteiger partial charge in [0.2, 0.25) is 5.91 Å². The first-order valence-electron chi connectivity index (χ1n) is 8.68. The van der Waals surface area contributed by atoms with Crippen LogP contribution in [0.15, 0.2) is 18.2 Å². The molecule has 0 saturated heterocycles. The van der Waals surface area contributed by atoms with Gasteiger partial charge in [0.1, 0.15) is 0 Å². The van der Waals surface area contributed by atoms with Crippen molar-refractivity contribution in [1.82, 2.24) is 19.6 Å². The SMILES string of the molecule is Cc1ccc(C)c(NC(=O)CCc2c(C)nc3nc(CN)nn3c2C)c1. The van der Waals surface area contributed by atoms with Gasteiger partial charge < -0.3 is 11.1 Å². The van der Waals surface area contributed by atoms with E-state index in [0.29, 0.717) is 24.4 Å². The van der Waals surface area contributed by atoms with Crippen LogP contribution in [0.3, 0.4) is 0 Å². The maximum absolute atomic E-state index is 12.4. The molecule has 1 aromatic carbocycles. The van der Waals surface area contributed by atoms with Crippen molar-refractivity contribution >= 4 is 17.4 Å². The van der Waals surface area contributed by atoms with Crippen LogP contribution in [-0.2, 0) is 17.8 Å². The standard InChI is InChI=1S/C19H24N6O/c1-11-5-6-12(2)16(9-11)22-18(26)8-7-15-13(3)21-19-23-17(10-20)24-25(19)14(15)4/h5-6,9H,7-8,10,20H2,1-4H3,(H,22,26). The van der Waals surface area contributed by atoms with Gasteiger partial charge in [0.05, 0.1) is 6.54 Å². The molecule has 0 aliphatic carbocycles. The van der Waals surface area contributed by atoms with E-state index in [-0.39, 0.29) is 12.5 Å². The van der Waals surface area contributed by atoms with E-state index in [1.54, 1.807) is 4.52 Å². The zero-order valence-electron chi connectivity index (χ0n) is 15.6. The molecule has 26 heavy (non-hydrogen) atoms. The molecule has 3 rings (SSSR count). The average molecular weight is 352 g/mol. The van der Waals surface area contributed by atoms with Crippen LogP contribution in [0.25, 0.3) is 5.78 Å². The average Bonchev–Trinajstić information content (AvgIpc) is 3.01. The Labute approximate surface area is 152 Å². The molecule has 1 amide bonds. The van der Waals surface area contributed by atoms with Crippen LogP contribution in [0.5, 0.6) is 0 Å². The van der Waals surface area contributed by atoms with Crippen molar-refractivity contribution in [1.29, 1.82) is 0 Å². The number of nitrogens with zero attached hydrogens (tertiary/aromatic N) is 4. The van der Waals surface area contributed by atoms with E-state index < -0.39 is 0 Å². The summed E-state index contributed by atoms with van der Waals surface area (Å²) in [5, 5.41) is 7.37. The number of fused-ring (bicyclic) bond motifs is 1. The summed E-state index contributed by atoms with van der Waals surface area (Å²) in [6.45, 7) is 8.17. The first-order chi connectivity index (χ1) is 12.4. The van der Waals surface area contributed by atoms with Crippen LogP contribution < -0.4 is 11.1 Å². The highest BCUT2D eigenvalue weighted by Crippen LogP contribution is 2.18. The smallest absolute Gasteiger partial charge is 0.252 e. The van der Waals surface area contributed by atoms with E-state index in [0.717, 1.165) is 33.8 Å². The summed E-state index contributed by atoms with van der Waals surface area (Å²) in [6.07, 6.45) is 0.968. The minimum absolute atomic E-state index is 0.0150. The Bertz CT molecular complexity index is 976. The number of anilines is 1. The normalized spacial score (nSPS) is 11.1. The first-order valence-corrected chi connectivity index (χ1v) is 8.68. The van der Waals surface area contributed by atoms with Crippen molar-refractivity contribution in [3.63, 3.8) is 0 Å². The van der Waals surface area contributed by atoms with Gasteiger partial charge in [-0.1, -0.05) is 12.1 Å². The molecule has 0 aliphatic heterocycles. The fraction of sp³-hybridized carbons (Fsp3) is 0.368. The van der Waals surface area contributed by atoms with Crippen LogP contribution in [0, 0.1) is 27.7 Å². The molecule has 7 heteroatoms. The third-order valence-corrected chi connectivity index (χ3v) is 4.54. The van der Waals surface area contributed by atoms with E-state index in [4.69, 9.17) is 5.73 Å². The van der Waals surface area contributed by atoms with E-state index in [2.05, 4.69) is 20.4 Å². The molecule has 0 radical (unpaired) electrons. The lowest BCUT2D eigenvalue weighted by atomic mass is 10.1. The summed E-state index contributed by atoms with van der Waals surface area (Å²) >= 11 is 0. The second-order valence-electron chi connectivity index (χ2n) is 6.57. The molecule has 0 saturated carbocycles. The molecule has 0 spiro atoms. The van der Waals surface area contributed by atoms with E-state index >= 15 is 0 Å². The Morgan fingerprint density at radius 2 is 1.96 bits per heavy atom. The lowest BCUT2D eigenvalue weighted by Gasteiger charge is -2.12. The number of hydrogen-bond donors (Lipinski definition) is 2. The number of aromatic nitrogens is 4. The predicted molar refractivity (Wildman–Crippen MR) is 101 cm³/mol. The van der Waals surface area contributed by atoms with Crippen molar-refractivity contribution < 1.29 is 4.79 Å². The van der Waals surface area contributed by atoms with Gasteiger partial charge in [-0.3, -0.25) is 4.79 Å². The van der Waals surface area contributed by atoms with Gasteiger partial charge in [-0.25, -0.2) is 9.50 Å². The molecule has 2 aromatic heterocycles. The van der Waals surface area contributed by atoms with Gasteiger partial charge in [0.15, 0.2) is 5.82 Å². The highest BCUT2D eigenvalue weighted by atomic mass is 16.1. The molecule has 0 unspecified atom stereocenters. The Morgan fingerprint density at radius 1 is 1.19 bits per heavy atom. The van der Waals surface area contributed by atoms with Crippen LogP contribution in [0.2, 0.25) is 0 Å². The fourth-order valence-corrected chi connectivity index (χ4v) is 3.02. The molecular weight excluding hydrogens is 328 g/mol. The van der Waals surface area contributed by atoms with Crippen molar-refractivity contribution in [3.05, 3.63) is 52.1 Å². The third kappa shape index (κ3) is 3.57. The van der Waals surface area contributed by atoms with Crippen LogP contribution in [-0.4, -0.2) is 25.5 Å². The number of hydrogen-bond acceptors (Lipinski definition) is 5. The van der Waals surface area contributed by atoms with Crippen LogP contribution >= 0.6 is 0 Å². The first kappa shape index (κ1) is 18.0. The minimum Gasteiger partial charge on any atom is -0.326 e. The Hall–Kier alpha value is -2.80. The number of nitrogens with one attached hydrogen (secondary N) is 1. The summed E-state index contributed by atoms with van der Waals surface area (Å²) in [5.41, 5.74) is 11.5. The summed E-state index contributed by atoms with van der Waals surface area (Å²) in [7, 11) is 0. The van der Waals surface area contributed by atoms with Crippen LogP contribution in [0.4, 0.5) is 5.69 Å². The van der Waals surface area contributed by atoms with Gasteiger partial charge in [0, 0.05) is 23.5 Å². The number of carbonyl (C=O) groups is 1. The van der Waals surface area contributed by atoms with Crippen LogP contribution in [0.1, 0.15) is 40.3 Å². The van der Waals surface area contributed by atoms with Crippen molar-refractivity contribution in [2.75, 3.05) is 5.32 Å². The molecule has 0 bridgehead atoms.